The second-order valence-electron chi connectivity index (χ2n) is 3.89. The minimum absolute atomic E-state index is 0.0668. The molecule has 1 amide bonds. The van der Waals surface area contributed by atoms with Crippen molar-refractivity contribution in [2.24, 2.45) is 11.7 Å². The number of carbonyl (C=O) groups is 1. The molecule has 1 aromatic rings. The van der Waals surface area contributed by atoms with Gasteiger partial charge in [0.05, 0.1) is 5.69 Å². The molecule has 0 saturated heterocycles. The van der Waals surface area contributed by atoms with Crippen LogP contribution in [0, 0.1) is 11.7 Å². The molecular weight excluding hydrogens is 207 g/mol. The Morgan fingerprint density at radius 1 is 1.50 bits per heavy atom. The molecule has 2 atom stereocenters. The Hall–Kier alpha value is -1.58. The Morgan fingerprint density at radius 3 is 2.62 bits per heavy atom. The topological polar surface area (TPSA) is 55.1 Å². The first-order valence-corrected chi connectivity index (χ1v) is 5.36. The number of hydrogen-bond donors (Lipinski definition) is 2. The summed E-state index contributed by atoms with van der Waals surface area (Å²) in [5.74, 6) is -0.772. The van der Waals surface area contributed by atoms with E-state index in [0.717, 1.165) is 6.42 Å². The first-order chi connectivity index (χ1) is 7.56. The summed E-state index contributed by atoms with van der Waals surface area (Å²) in [5, 5.41) is 2.85. The number of nitrogens with one attached hydrogen (secondary N) is 1. The second-order valence-corrected chi connectivity index (χ2v) is 3.89. The third kappa shape index (κ3) is 2.95. The van der Waals surface area contributed by atoms with Gasteiger partial charge in [-0.15, -0.1) is 0 Å². The average molecular weight is 224 g/mol. The standard InChI is InChI=1S/C12H17FN2O/c1-3-8(2)11(12(14)16)15-10-7-5-4-6-9(10)13/h4-8,11,15H,3H2,1-2H3,(H2,14,16). The summed E-state index contributed by atoms with van der Waals surface area (Å²) in [6, 6.07) is 5.70. The van der Waals surface area contributed by atoms with Crippen molar-refractivity contribution >= 4 is 11.6 Å². The van der Waals surface area contributed by atoms with Gasteiger partial charge >= 0.3 is 0 Å². The molecule has 0 heterocycles. The predicted molar refractivity (Wildman–Crippen MR) is 62.5 cm³/mol. The van der Waals surface area contributed by atoms with Crippen LogP contribution in [0.2, 0.25) is 0 Å². The van der Waals surface area contributed by atoms with E-state index >= 15 is 0 Å². The van der Waals surface area contributed by atoms with E-state index in [1.54, 1.807) is 18.2 Å². The molecule has 1 aromatic carbocycles. The van der Waals surface area contributed by atoms with Crippen molar-refractivity contribution in [3.8, 4) is 0 Å². The average Bonchev–Trinajstić information content (AvgIpc) is 2.26. The van der Waals surface area contributed by atoms with E-state index in [9.17, 15) is 9.18 Å². The van der Waals surface area contributed by atoms with E-state index in [2.05, 4.69) is 5.32 Å². The molecule has 1 rings (SSSR count). The number of anilines is 1. The van der Waals surface area contributed by atoms with Crippen molar-refractivity contribution in [2.45, 2.75) is 26.3 Å². The van der Waals surface area contributed by atoms with Crippen LogP contribution in [0.4, 0.5) is 10.1 Å². The van der Waals surface area contributed by atoms with Gasteiger partial charge in [-0.2, -0.15) is 0 Å². The van der Waals surface area contributed by atoms with Crippen molar-refractivity contribution in [1.82, 2.24) is 0 Å². The van der Waals surface area contributed by atoms with Crippen LogP contribution in [-0.2, 0) is 4.79 Å². The van der Waals surface area contributed by atoms with E-state index in [0.29, 0.717) is 5.69 Å². The third-order valence-electron chi connectivity index (χ3n) is 2.70. The molecule has 0 bridgehead atoms. The van der Waals surface area contributed by atoms with Gasteiger partial charge in [0, 0.05) is 0 Å². The highest BCUT2D eigenvalue weighted by atomic mass is 19.1. The van der Waals surface area contributed by atoms with E-state index in [1.165, 1.54) is 6.07 Å². The molecule has 88 valence electrons. The zero-order chi connectivity index (χ0) is 12.1. The highest BCUT2D eigenvalue weighted by Crippen LogP contribution is 2.17. The smallest absolute Gasteiger partial charge is 0.240 e. The Kier molecular flexibility index (Phi) is 4.28. The number of primary amides is 1. The maximum absolute atomic E-state index is 13.4. The lowest BCUT2D eigenvalue weighted by atomic mass is 9.98. The number of rotatable bonds is 5. The van der Waals surface area contributed by atoms with Gasteiger partial charge in [-0.3, -0.25) is 4.79 Å². The summed E-state index contributed by atoms with van der Waals surface area (Å²) in [4.78, 5) is 11.3. The molecule has 16 heavy (non-hydrogen) atoms. The predicted octanol–water partition coefficient (Wildman–Crippen LogP) is 2.14. The fraction of sp³-hybridized carbons (Fsp3) is 0.417. The van der Waals surface area contributed by atoms with Crippen molar-refractivity contribution in [2.75, 3.05) is 5.32 Å². The molecule has 0 aliphatic rings. The minimum Gasteiger partial charge on any atom is -0.371 e. The number of halogens is 1. The van der Waals surface area contributed by atoms with Crippen molar-refractivity contribution in [3.63, 3.8) is 0 Å². The molecule has 0 fully saturated rings. The maximum atomic E-state index is 13.4. The molecule has 4 heteroatoms. The van der Waals surface area contributed by atoms with Gasteiger partial charge in [0.25, 0.3) is 0 Å². The first-order valence-electron chi connectivity index (χ1n) is 5.36. The fourth-order valence-corrected chi connectivity index (χ4v) is 1.48. The molecule has 0 radical (unpaired) electrons. The summed E-state index contributed by atoms with van der Waals surface area (Å²) in [7, 11) is 0. The van der Waals surface area contributed by atoms with Gasteiger partial charge in [0.2, 0.25) is 5.91 Å². The molecule has 3 N–H and O–H groups in total. The number of carbonyl (C=O) groups excluding carboxylic acids is 1. The van der Waals surface area contributed by atoms with E-state index in [-0.39, 0.29) is 11.7 Å². The lowest BCUT2D eigenvalue weighted by molar-refractivity contribution is -0.119. The van der Waals surface area contributed by atoms with E-state index in [4.69, 9.17) is 5.73 Å². The van der Waals surface area contributed by atoms with Crippen LogP contribution >= 0.6 is 0 Å². The summed E-state index contributed by atoms with van der Waals surface area (Å²) < 4.78 is 13.4. The Labute approximate surface area is 94.8 Å². The molecular formula is C12H17FN2O. The van der Waals surface area contributed by atoms with Crippen LogP contribution in [0.1, 0.15) is 20.3 Å². The monoisotopic (exact) mass is 224 g/mol. The van der Waals surface area contributed by atoms with Crippen molar-refractivity contribution < 1.29 is 9.18 Å². The van der Waals surface area contributed by atoms with Gasteiger partial charge in [-0.05, 0) is 18.1 Å². The van der Waals surface area contributed by atoms with Gasteiger partial charge in [0.1, 0.15) is 11.9 Å². The van der Waals surface area contributed by atoms with Crippen molar-refractivity contribution in [1.29, 1.82) is 0 Å². The lowest BCUT2D eigenvalue weighted by Crippen LogP contribution is -2.40. The number of nitrogens with two attached hydrogens (primary N) is 1. The molecule has 0 aliphatic heterocycles. The van der Waals surface area contributed by atoms with Crippen LogP contribution < -0.4 is 11.1 Å². The quantitative estimate of drug-likeness (QED) is 0.805. The zero-order valence-electron chi connectivity index (χ0n) is 9.53. The molecule has 0 aliphatic carbocycles. The summed E-state index contributed by atoms with van der Waals surface area (Å²) in [6.07, 6.45) is 0.801. The minimum atomic E-state index is -0.540. The summed E-state index contributed by atoms with van der Waals surface area (Å²) in [6.45, 7) is 3.87. The molecule has 3 nitrogen and oxygen atoms in total. The van der Waals surface area contributed by atoms with Gasteiger partial charge in [-0.1, -0.05) is 32.4 Å². The lowest BCUT2D eigenvalue weighted by Gasteiger charge is -2.22. The van der Waals surface area contributed by atoms with Gasteiger partial charge in [-0.25, -0.2) is 4.39 Å². The van der Waals surface area contributed by atoms with Crippen LogP contribution in [0.5, 0.6) is 0 Å². The maximum Gasteiger partial charge on any atom is 0.240 e. The number of hydrogen-bond acceptors (Lipinski definition) is 2. The van der Waals surface area contributed by atoms with Crippen LogP contribution in [0.25, 0.3) is 0 Å². The highest BCUT2D eigenvalue weighted by molar-refractivity contribution is 5.83. The Bertz CT molecular complexity index is 368. The first kappa shape index (κ1) is 12.5. The Balaban J connectivity index is 2.84. The van der Waals surface area contributed by atoms with Crippen LogP contribution in [-0.4, -0.2) is 11.9 Å². The van der Waals surface area contributed by atoms with Gasteiger partial charge in [0.15, 0.2) is 0 Å². The molecule has 0 aromatic heterocycles. The van der Waals surface area contributed by atoms with Crippen molar-refractivity contribution in [3.05, 3.63) is 30.1 Å². The van der Waals surface area contributed by atoms with E-state index < -0.39 is 11.9 Å². The molecule has 0 saturated carbocycles. The number of amides is 1. The highest BCUT2D eigenvalue weighted by Gasteiger charge is 2.22. The molecule has 0 spiro atoms. The van der Waals surface area contributed by atoms with Crippen LogP contribution in [0.3, 0.4) is 0 Å². The van der Waals surface area contributed by atoms with Crippen LogP contribution in [0.15, 0.2) is 24.3 Å². The second kappa shape index (κ2) is 5.49. The van der Waals surface area contributed by atoms with Gasteiger partial charge < -0.3 is 11.1 Å². The largest absolute Gasteiger partial charge is 0.371 e. The number of para-hydroxylation sites is 1. The molecule has 2 unspecified atom stereocenters. The third-order valence-corrected chi connectivity index (χ3v) is 2.70. The fourth-order valence-electron chi connectivity index (χ4n) is 1.48. The summed E-state index contributed by atoms with van der Waals surface area (Å²) >= 11 is 0. The normalized spacial score (nSPS) is 14.2. The SMILES string of the molecule is CCC(C)C(Nc1ccccc1F)C(N)=O. The summed E-state index contributed by atoms with van der Waals surface area (Å²) in [5.41, 5.74) is 5.60. The number of benzene rings is 1. The van der Waals surface area contributed by atoms with E-state index in [1.807, 2.05) is 13.8 Å². The Morgan fingerprint density at radius 2 is 2.12 bits per heavy atom. The zero-order valence-corrected chi connectivity index (χ0v) is 9.53.